The number of amides is 2. The van der Waals surface area contributed by atoms with Crippen LogP contribution in [0.5, 0.6) is 0 Å². The molecule has 2 N–H and O–H groups in total. The number of aliphatic hydroxyl groups excluding tert-OH is 1. The quantitative estimate of drug-likeness (QED) is 0.686. The summed E-state index contributed by atoms with van der Waals surface area (Å²) in [5.74, 6) is -1.58. The molecule has 2 rings (SSSR count). The fraction of sp³-hybridized carbons (Fsp3) is 0.765. The van der Waals surface area contributed by atoms with Gasteiger partial charge in [0.1, 0.15) is 5.78 Å². The number of carbonyl (C=O) groups is 4. The minimum atomic E-state index is -1.08. The van der Waals surface area contributed by atoms with E-state index in [1.807, 2.05) is 6.92 Å². The average Bonchev–Trinajstić information content (AvgIpc) is 2.40. The Bertz CT molecular complexity index is 483. The number of piperidine rings is 1. The third-order valence-corrected chi connectivity index (χ3v) is 4.53. The van der Waals surface area contributed by atoms with Gasteiger partial charge in [-0.05, 0) is 38.0 Å². The van der Waals surface area contributed by atoms with E-state index in [2.05, 4.69) is 12.2 Å². The molecule has 1 aliphatic heterocycles. The van der Waals surface area contributed by atoms with Gasteiger partial charge in [-0.3, -0.25) is 19.7 Å². The Hall–Kier alpha value is -1.76. The molecule has 136 valence electrons. The summed E-state index contributed by atoms with van der Waals surface area (Å²) < 4.78 is 0. The fourth-order valence-electron chi connectivity index (χ4n) is 3.60. The first-order valence-electron chi connectivity index (χ1n) is 8.32. The molecule has 4 atom stereocenters. The maximum absolute atomic E-state index is 12.2. The summed E-state index contributed by atoms with van der Waals surface area (Å²) >= 11 is 0. The number of aliphatic carboxylic acids is 1. The molecule has 7 heteroatoms. The van der Waals surface area contributed by atoms with E-state index in [-0.39, 0.29) is 48.2 Å². The molecule has 1 heterocycles. The van der Waals surface area contributed by atoms with Crippen molar-refractivity contribution in [2.24, 2.45) is 23.7 Å². The van der Waals surface area contributed by atoms with E-state index in [0.29, 0.717) is 18.8 Å². The zero-order chi connectivity index (χ0) is 18.4. The lowest BCUT2D eigenvalue weighted by Crippen LogP contribution is -2.42. The van der Waals surface area contributed by atoms with Gasteiger partial charge in [0.15, 0.2) is 0 Å². The van der Waals surface area contributed by atoms with Crippen LogP contribution in [0.3, 0.4) is 0 Å². The van der Waals surface area contributed by atoms with Crippen LogP contribution in [0.15, 0.2) is 0 Å². The number of hydrogen-bond donors (Lipinski definition) is 2. The highest BCUT2D eigenvalue weighted by Crippen LogP contribution is 2.34. The number of carbonyl (C=O) groups excluding carboxylic acids is 4. The second-order valence-corrected chi connectivity index (χ2v) is 7.03. The van der Waals surface area contributed by atoms with E-state index in [4.69, 9.17) is 9.90 Å². The van der Waals surface area contributed by atoms with Gasteiger partial charge < -0.3 is 15.0 Å². The topological polar surface area (TPSA) is 124 Å². The Morgan fingerprint density at radius 1 is 1.21 bits per heavy atom. The van der Waals surface area contributed by atoms with E-state index >= 15 is 0 Å². The molecule has 0 aromatic heterocycles. The van der Waals surface area contributed by atoms with Crippen molar-refractivity contribution in [3.8, 4) is 0 Å². The monoisotopic (exact) mass is 340 g/mol. The van der Waals surface area contributed by atoms with Crippen LogP contribution < -0.4 is 10.4 Å². The van der Waals surface area contributed by atoms with E-state index < -0.39 is 12.1 Å². The van der Waals surface area contributed by atoms with Crippen molar-refractivity contribution in [3.63, 3.8) is 0 Å². The summed E-state index contributed by atoms with van der Waals surface area (Å²) in [6.07, 6.45) is 1.72. The molecule has 7 nitrogen and oxygen atoms in total. The predicted octanol–water partition coefficient (Wildman–Crippen LogP) is -0.202. The highest BCUT2D eigenvalue weighted by Gasteiger charge is 2.38. The molecule has 2 fully saturated rings. The van der Waals surface area contributed by atoms with E-state index in [9.17, 15) is 19.5 Å². The van der Waals surface area contributed by atoms with Crippen molar-refractivity contribution in [2.45, 2.75) is 59.0 Å². The highest BCUT2D eigenvalue weighted by molar-refractivity contribution is 5.97. The molecule has 2 aliphatic rings. The van der Waals surface area contributed by atoms with Gasteiger partial charge in [0.25, 0.3) is 0 Å². The number of carboxylic acids is 1. The number of hydrogen-bond acceptors (Lipinski definition) is 6. The molecule has 1 aliphatic carbocycles. The first-order valence-corrected chi connectivity index (χ1v) is 8.32. The summed E-state index contributed by atoms with van der Waals surface area (Å²) in [7, 11) is 0. The summed E-state index contributed by atoms with van der Waals surface area (Å²) in [5.41, 5.74) is 0. The van der Waals surface area contributed by atoms with Gasteiger partial charge in [-0.1, -0.05) is 13.8 Å². The summed E-state index contributed by atoms with van der Waals surface area (Å²) in [4.78, 5) is 43.7. The Morgan fingerprint density at radius 2 is 1.71 bits per heavy atom. The highest BCUT2D eigenvalue weighted by atomic mass is 16.4. The third kappa shape index (κ3) is 6.39. The van der Waals surface area contributed by atoms with Crippen LogP contribution in [0.1, 0.15) is 52.9 Å². The molecule has 1 saturated carbocycles. The van der Waals surface area contributed by atoms with Crippen molar-refractivity contribution < 1.29 is 29.4 Å². The standard InChI is InChI=1S/C15H23NO4.C2H4O2/c1-8-3-9(2)15(20)11(4-8)12(17)5-10-6-13(18)16-14(19)7-10;1-2(3)4/h8-12,17H,3-7H2,1-2H3,(H,16,18,19);1H3,(H,3,4)/p-1. The molecule has 24 heavy (non-hydrogen) atoms. The van der Waals surface area contributed by atoms with Crippen LogP contribution in [-0.4, -0.2) is 34.8 Å². The Labute approximate surface area is 141 Å². The molecule has 0 spiro atoms. The zero-order valence-electron chi connectivity index (χ0n) is 14.4. The van der Waals surface area contributed by atoms with E-state index in [1.165, 1.54) is 0 Å². The van der Waals surface area contributed by atoms with Gasteiger partial charge in [0, 0.05) is 30.6 Å². The molecular formula is C17H26NO6-. The minimum absolute atomic E-state index is 0.00492. The van der Waals surface area contributed by atoms with Gasteiger partial charge in [0.2, 0.25) is 11.8 Å². The largest absolute Gasteiger partial charge is 0.550 e. The second kappa shape index (κ2) is 8.92. The van der Waals surface area contributed by atoms with Crippen molar-refractivity contribution >= 4 is 23.6 Å². The predicted molar refractivity (Wildman–Crippen MR) is 83.2 cm³/mol. The first kappa shape index (κ1) is 20.3. The van der Waals surface area contributed by atoms with Crippen molar-refractivity contribution in [1.82, 2.24) is 5.32 Å². The molecule has 0 aromatic rings. The van der Waals surface area contributed by atoms with Crippen LogP contribution in [0, 0.1) is 23.7 Å². The molecule has 0 bridgehead atoms. The summed E-state index contributed by atoms with van der Waals surface area (Å²) in [6, 6.07) is 0. The lowest BCUT2D eigenvalue weighted by molar-refractivity contribution is -0.302. The SMILES string of the molecule is CC(=O)[O-].CC1CC(C)C(=O)C(C(O)CC2CC(=O)NC(=O)C2)C1. The maximum atomic E-state index is 12.2. The van der Waals surface area contributed by atoms with E-state index in [1.54, 1.807) is 0 Å². The minimum Gasteiger partial charge on any atom is -0.550 e. The molecular weight excluding hydrogens is 314 g/mol. The van der Waals surface area contributed by atoms with Gasteiger partial charge in [-0.25, -0.2) is 0 Å². The molecule has 0 radical (unpaired) electrons. The molecule has 4 unspecified atom stereocenters. The molecule has 2 amide bonds. The van der Waals surface area contributed by atoms with Gasteiger partial charge >= 0.3 is 0 Å². The maximum Gasteiger partial charge on any atom is 0.226 e. The zero-order valence-corrected chi connectivity index (χ0v) is 14.4. The Kier molecular flexibility index (Phi) is 7.54. The van der Waals surface area contributed by atoms with Crippen LogP contribution in [-0.2, 0) is 19.2 Å². The lowest BCUT2D eigenvalue weighted by atomic mass is 9.71. The second-order valence-electron chi connectivity index (χ2n) is 7.03. The number of Topliss-reactive ketones (excluding diaryl/α,β-unsaturated/α-hetero) is 1. The van der Waals surface area contributed by atoms with Crippen molar-refractivity contribution in [2.75, 3.05) is 0 Å². The van der Waals surface area contributed by atoms with Crippen LogP contribution in [0.2, 0.25) is 0 Å². The summed E-state index contributed by atoms with van der Waals surface area (Å²) in [5, 5.41) is 21.5. The van der Waals surface area contributed by atoms with Gasteiger partial charge in [0.05, 0.1) is 6.10 Å². The van der Waals surface area contributed by atoms with Gasteiger partial charge in [-0.2, -0.15) is 0 Å². The number of aliphatic hydroxyl groups is 1. The number of imide groups is 1. The third-order valence-electron chi connectivity index (χ3n) is 4.53. The number of carboxylic acid groups (broad SMARTS) is 1. The van der Waals surface area contributed by atoms with E-state index in [0.717, 1.165) is 13.3 Å². The molecule has 1 saturated heterocycles. The number of ketones is 1. The van der Waals surface area contributed by atoms with Crippen LogP contribution in [0.25, 0.3) is 0 Å². The van der Waals surface area contributed by atoms with Crippen LogP contribution >= 0.6 is 0 Å². The normalized spacial score (nSPS) is 29.3. The summed E-state index contributed by atoms with van der Waals surface area (Å²) in [6.45, 7) is 4.98. The van der Waals surface area contributed by atoms with Crippen LogP contribution in [0.4, 0.5) is 0 Å². The molecule has 0 aromatic carbocycles. The first-order chi connectivity index (χ1) is 11.1. The van der Waals surface area contributed by atoms with Crippen molar-refractivity contribution in [3.05, 3.63) is 0 Å². The average molecular weight is 340 g/mol. The van der Waals surface area contributed by atoms with Crippen molar-refractivity contribution in [1.29, 1.82) is 0 Å². The van der Waals surface area contributed by atoms with Gasteiger partial charge in [-0.15, -0.1) is 0 Å². The lowest BCUT2D eigenvalue weighted by Gasteiger charge is -2.34. The Balaban J connectivity index is 0.000000648. The Morgan fingerprint density at radius 3 is 2.21 bits per heavy atom. The number of nitrogens with one attached hydrogen (secondary N) is 1. The number of rotatable bonds is 3. The fourth-order valence-corrected chi connectivity index (χ4v) is 3.60. The smallest absolute Gasteiger partial charge is 0.226 e.